The molecule has 1 aliphatic rings. The van der Waals surface area contributed by atoms with Gasteiger partial charge in [0, 0.05) is 12.6 Å². The summed E-state index contributed by atoms with van der Waals surface area (Å²) < 4.78 is 0. The van der Waals surface area contributed by atoms with Crippen molar-refractivity contribution < 1.29 is 0 Å². The van der Waals surface area contributed by atoms with Gasteiger partial charge in [0.1, 0.15) is 0 Å². The minimum atomic E-state index is 0.429. The lowest BCUT2D eigenvalue weighted by Crippen LogP contribution is -2.40. The quantitative estimate of drug-likeness (QED) is 0.881. The Hall–Kier alpha value is -2.45. The van der Waals surface area contributed by atoms with E-state index in [-0.39, 0.29) is 0 Å². The van der Waals surface area contributed by atoms with E-state index >= 15 is 0 Å². The highest BCUT2D eigenvalue weighted by Crippen LogP contribution is 2.25. The van der Waals surface area contributed by atoms with Crippen molar-refractivity contribution in [2.45, 2.75) is 25.8 Å². The van der Waals surface area contributed by atoms with Gasteiger partial charge in [-0.3, -0.25) is 0 Å². The van der Waals surface area contributed by atoms with Crippen molar-refractivity contribution in [3.05, 3.63) is 47.3 Å². The molecule has 2 aromatic rings. The maximum atomic E-state index is 7.11. The number of nitrogens with zero attached hydrogens (tertiary/aromatic N) is 4. The molecule has 1 atom stereocenters. The highest BCUT2D eigenvalue weighted by Gasteiger charge is 2.18. The summed E-state index contributed by atoms with van der Waals surface area (Å²) in [6, 6.07) is 9.94. The van der Waals surface area contributed by atoms with E-state index in [0.29, 0.717) is 11.7 Å². The molecule has 5 nitrogen and oxygen atoms in total. The summed E-state index contributed by atoms with van der Waals surface area (Å²) in [4.78, 5) is 5.81. The Morgan fingerprint density at radius 3 is 2.91 bits per heavy atom. The van der Waals surface area contributed by atoms with Crippen LogP contribution >= 0.6 is 0 Å². The first-order chi connectivity index (χ1) is 11.2. The minimum absolute atomic E-state index is 0.429. The zero-order valence-electron chi connectivity index (χ0n) is 13.6. The van der Waals surface area contributed by atoms with Crippen LogP contribution < -0.4 is 5.32 Å². The van der Waals surface area contributed by atoms with E-state index in [1.807, 2.05) is 31.2 Å². The van der Waals surface area contributed by atoms with Crippen LogP contribution in [0.1, 0.15) is 18.4 Å². The number of aryl methyl sites for hydroxylation is 1. The molecule has 0 aliphatic carbocycles. The van der Waals surface area contributed by atoms with Crippen LogP contribution in [0.4, 0.5) is 11.5 Å². The summed E-state index contributed by atoms with van der Waals surface area (Å²) in [7, 11) is 2.15. The Labute approximate surface area is 137 Å². The van der Waals surface area contributed by atoms with Crippen LogP contribution in [0.25, 0.3) is 16.1 Å². The highest BCUT2D eigenvalue weighted by molar-refractivity contribution is 5.66. The number of likely N-dealkylation sites (tertiary alicyclic amines) is 1. The average Bonchev–Trinajstić information content (AvgIpc) is 2.57. The first-order valence-electron chi connectivity index (χ1n) is 7.93. The Balaban J connectivity index is 1.79. The molecule has 1 aromatic heterocycles. The van der Waals surface area contributed by atoms with E-state index in [2.05, 4.69) is 32.3 Å². The molecule has 1 fully saturated rings. The van der Waals surface area contributed by atoms with E-state index in [1.165, 1.54) is 19.4 Å². The number of likely N-dealkylation sites (N-methyl/N-ethyl adjacent to an activating group) is 1. The Morgan fingerprint density at radius 1 is 1.30 bits per heavy atom. The van der Waals surface area contributed by atoms with Crippen molar-refractivity contribution in [2.75, 3.05) is 25.5 Å². The molecule has 1 aliphatic heterocycles. The fourth-order valence-electron chi connectivity index (χ4n) is 2.98. The molecule has 118 valence electrons. The Kier molecular flexibility index (Phi) is 4.54. The molecule has 1 saturated heterocycles. The second-order valence-electron chi connectivity index (χ2n) is 6.17. The van der Waals surface area contributed by atoms with E-state index in [4.69, 9.17) is 6.57 Å². The number of aromatic nitrogens is 2. The number of hydrogen-bond acceptors (Lipinski definition) is 4. The maximum absolute atomic E-state index is 7.11. The van der Waals surface area contributed by atoms with Gasteiger partial charge in [-0.05, 0) is 56.6 Å². The first kappa shape index (κ1) is 15.4. The van der Waals surface area contributed by atoms with Gasteiger partial charge in [0.15, 0.2) is 11.5 Å². The number of benzene rings is 1. The number of anilines is 1. The molecule has 1 aromatic carbocycles. The van der Waals surface area contributed by atoms with Crippen LogP contribution in [0, 0.1) is 13.5 Å². The van der Waals surface area contributed by atoms with Crippen molar-refractivity contribution in [1.82, 2.24) is 15.1 Å². The van der Waals surface area contributed by atoms with Gasteiger partial charge in [0.2, 0.25) is 0 Å². The third kappa shape index (κ3) is 3.66. The molecule has 3 rings (SSSR count). The smallest absolute Gasteiger partial charge is 0.187 e. The monoisotopic (exact) mass is 307 g/mol. The molecule has 0 bridgehead atoms. The molecule has 23 heavy (non-hydrogen) atoms. The zero-order valence-corrected chi connectivity index (χ0v) is 13.6. The summed E-state index contributed by atoms with van der Waals surface area (Å²) in [6.45, 7) is 11.4. The molecule has 0 spiro atoms. The third-order valence-corrected chi connectivity index (χ3v) is 4.22. The molecule has 0 amide bonds. The summed E-state index contributed by atoms with van der Waals surface area (Å²) >= 11 is 0. The van der Waals surface area contributed by atoms with Gasteiger partial charge in [-0.2, -0.15) is 0 Å². The fourth-order valence-corrected chi connectivity index (χ4v) is 2.98. The van der Waals surface area contributed by atoms with Crippen LogP contribution in [0.3, 0.4) is 0 Å². The standard InChI is InChI=1S/C18H21N5/c1-13-10-17(14-6-4-7-15(11-14)19-2)21-22-18(13)20-16-8-5-9-23(3)12-16/h4,6-7,10-11,16H,5,8-9,12H2,1,3H3,(H,20,22)/t16-/m1/s1. The van der Waals surface area contributed by atoms with Crippen molar-refractivity contribution in [3.63, 3.8) is 0 Å². The van der Waals surface area contributed by atoms with Gasteiger partial charge in [-0.25, -0.2) is 4.85 Å². The summed E-state index contributed by atoms with van der Waals surface area (Å²) in [5.41, 5.74) is 3.43. The predicted octanol–water partition coefficient (Wildman–Crippen LogP) is 3.51. The molecular formula is C18H21N5. The molecule has 5 heteroatoms. The van der Waals surface area contributed by atoms with Crippen molar-refractivity contribution >= 4 is 11.5 Å². The summed E-state index contributed by atoms with van der Waals surface area (Å²) in [5.74, 6) is 0.857. The average molecular weight is 307 g/mol. The Morgan fingerprint density at radius 2 is 2.17 bits per heavy atom. The second-order valence-corrected chi connectivity index (χ2v) is 6.17. The normalized spacial score (nSPS) is 18.4. The minimum Gasteiger partial charge on any atom is -0.364 e. The summed E-state index contributed by atoms with van der Waals surface area (Å²) in [6.07, 6.45) is 2.38. The van der Waals surface area contributed by atoms with E-state index in [9.17, 15) is 0 Å². The van der Waals surface area contributed by atoms with Gasteiger partial charge in [-0.1, -0.05) is 18.2 Å². The molecule has 0 unspecified atom stereocenters. The van der Waals surface area contributed by atoms with Crippen LogP contribution in [-0.4, -0.2) is 41.3 Å². The number of rotatable bonds is 3. The van der Waals surface area contributed by atoms with Crippen LogP contribution in [0.15, 0.2) is 30.3 Å². The van der Waals surface area contributed by atoms with E-state index in [1.54, 1.807) is 6.07 Å². The number of nitrogens with one attached hydrogen (secondary N) is 1. The molecule has 0 radical (unpaired) electrons. The van der Waals surface area contributed by atoms with Crippen LogP contribution in [0.5, 0.6) is 0 Å². The molecule has 1 N–H and O–H groups in total. The van der Waals surface area contributed by atoms with Gasteiger partial charge in [0.05, 0.1) is 12.3 Å². The lowest BCUT2D eigenvalue weighted by molar-refractivity contribution is 0.260. The lowest BCUT2D eigenvalue weighted by atomic mass is 10.1. The Bertz CT molecular complexity index is 734. The van der Waals surface area contributed by atoms with Gasteiger partial charge < -0.3 is 10.2 Å². The van der Waals surface area contributed by atoms with Gasteiger partial charge in [0.25, 0.3) is 0 Å². The molecule has 2 heterocycles. The maximum Gasteiger partial charge on any atom is 0.187 e. The SMILES string of the molecule is [C-]#[N+]c1cccc(-c2cc(C)c(N[C@@H]3CCCN(C)C3)nn2)c1. The van der Waals surface area contributed by atoms with Gasteiger partial charge in [-0.15, -0.1) is 10.2 Å². The zero-order chi connectivity index (χ0) is 16.2. The van der Waals surface area contributed by atoms with E-state index < -0.39 is 0 Å². The molecular weight excluding hydrogens is 286 g/mol. The fraction of sp³-hybridized carbons (Fsp3) is 0.389. The highest BCUT2D eigenvalue weighted by atomic mass is 15.2. The molecule has 0 saturated carbocycles. The van der Waals surface area contributed by atoms with Crippen LogP contribution in [-0.2, 0) is 0 Å². The number of hydrogen-bond donors (Lipinski definition) is 1. The van der Waals surface area contributed by atoms with E-state index in [0.717, 1.165) is 29.2 Å². The van der Waals surface area contributed by atoms with Crippen molar-refractivity contribution in [3.8, 4) is 11.3 Å². The van der Waals surface area contributed by atoms with Crippen molar-refractivity contribution in [1.29, 1.82) is 0 Å². The number of piperidine rings is 1. The van der Waals surface area contributed by atoms with Crippen LogP contribution in [0.2, 0.25) is 0 Å². The predicted molar refractivity (Wildman–Crippen MR) is 92.6 cm³/mol. The third-order valence-electron chi connectivity index (χ3n) is 4.22. The van der Waals surface area contributed by atoms with Crippen molar-refractivity contribution in [2.24, 2.45) is 0 Å². The summed E-state index contributed by atoms with van der Waals surface area (Å²) in [5, 5.41) is 12.2. The topological polar surface area (TPSA) is 45.4 Å². The van der Waals surface area contributed by atoms with Gasteiger partial charge >= 0.3 is 0 Å². The lowest BCUT2D eigenvalue weighted by Gasteiger charge is -2.30. The second kappa shape index (κ2) is 6.76. The first-order valence-corrected chi connectivity index (χ1v) is 7.93. The largest absolute Gasteiger partial charge is 0.364 e.